The molecule has 0 aliphatic carbocycles. The predicted octanol–water partition coefficient (Wildman–Crippen LogP) is 1.83. The van der Waals surface area contributed by atoms with Crippen LogP contribution in [0.3, 0.4) is 0 Å². The van der Waals surface area contributed by atoms with Crippen LogP contribution >= 0.6 is 15.9 Å². The minimum Gasteiger partial charge on any atom is -0.468 e. The maximum absolute atomic E-state index is 11.2. The van der Waals surface area contributed by atoms with Crippen molar-refractivity contribution in [3.8, 4) is 0 Å². The summed E-state index contributed by atoms with van der Waals surface area (Å²) in [5.41, 5.74) is 3.67. The van der Waals surface area contributed by atoms with Gasteiger partial charge in [-0.2, -0.15) is 0 Å². The van der Waals surface area contributed by atoms with Gasteiger partial charge in [0.15, 0.2) is 0 Å². The number of carbonyl (C=O) groups is 1. The number of hydrogen-bond acceptors (Lipinski definition) is 5. The van der Waals surface area contributed by atoms with Crippen LogP contribution in [0.2, 0.25) is 0 Å². The fourth-order valence-electron chi connectivity index (χ4n) is 2.22. The van der Waals surface area contributed by atoms with E-state index in [0.29, 0.717) is 6.54 Å². The van der Waals surface area contributed by atoms with Crippen LogP contribution in [-0.2, 0) is 29.2 Å². The molecule has 1 N–H and O–H groups in total. The summed E-state index contributed by atoms with van der Waals surface area (Å²) in [6, 6.07) is 4.35. The van der Waals surface area contributed by atoms with Crippen LogP contribution in [0.1, 0.15) is 16.7 Å². The van der Waals surface area contributed by atoms with Gasteiger partial charge in [0, 0.05) is 24.1 Å². The van der Waals surface area contributed by atoms with Crippen molar-refractivity contribution in [3.05, 3.63) is 33.3 Å². The van der Waals surface area contributed by atoms with Crippen LogP contribution in [0.25, 0.3) is 0 Å². The lowest BCUT2D eigenvalue weighted by Gasteiger charge is -2.19. The molecule has 1 aromatic carbocycles. The molecule has 0 aliphatic heterocycles. The SMILES string of the molecule is COC(=O)CNCc1cc(CN(C)C)c(Br)c(CN(C)C)c1. The van der Waals surface area contributed by atoms with Gasteiger partial charge in [0.1, 0.15) is 0 Å². The maximum atomic E-state index is 11.2. The Morgan fingerprint density at radius 3 is 2.05 bits per heavy atom. The lowest BCUT2D eigenvalue weighted by Crippen LogP contribution is -2.24. The van der Waals surface area contributed by atoms with Crippen molar-refractivity contribution in [1.29, 1.82) is 0 Å². The molecule has 0 aliphatic rings. The first-order valence-corrected chi connectivity index (χ1v) is 8.00. The molecule has 22 heavy (non-hydrogen) atoms. The quantitative estimate of drug-likeness (QED) is 0.706. The van der Waals surface area contributed by atoms with Gasteiger partial charge in [-0.3, -0.25) is 4.79 Å². The summed E-state index contributed by atoms with van der Waals surface area (Å²) in [6.45, 7) is 2.60. The molecule has 0 fully saturated rings. The van der Waals surface area contributed by atoms with Crippen molar-refractivity contribution in [2.45, 2.75) is 19.6 Å². The van der Waals surface area contributed by atoms with E-state index in [1.54, 1.807) is 0 Å². The van der Waals surface area contributed by atoms with Gasteiger partial charge in [0.05, 0.1) is 13.7 Å². The smallest absolute Gasteiger partial charge is 0.319 e. The van der Waals surface area contributed by atoms with Crippen molar-refractivity contribution >= 4 is 21.9 Å². The summed E-state index contributed by atoms with van der Waals surface area (Å²) in [4.78, 5) is 15.5. The molecule has 0 amide bonds. The first-order chi connectivity index (χ1) is 10.3. The third-order valence-corrected chi connectivity index (χ3v) is 4.10. The van der Waals surface area contributed by atoms with Gasteiger partial charge >= 0.3 is 5.97 Å². The van der Waals surface area contributed by atoms with Crippen LogP contribution in [0, 0.1) is 0 Å². The van der Waals surface area contributed by atoms with Gasteiger partial charge in [0.2, 0.25) is 0 Å². The fraction of sp³-hybridized carbons (Fsp3) is 0.562. The first kappa shape index (κ1) is 19.1. The van der Waals surface area contributed by atoms with E-state index in [4.69, 9.17) is 0 Å². The number of hydrogen-bond donors (Lipinski definition) is 1. The summed E-state index contributed by atoms with van der Waals surface area (Å²) >= 11 is 3.73. The molecule has 6 heteroatoms. The van der Waals surface area contributed by atoms with E-state index in [1.165, 1.54) is 23.8 Å². The Labute approximate surface area is 141 Å². The van der Waals surface area contributed by atoms with E-state index >= 15 is 0 Å². The molecule has 1 rings (SSSR count). The third kappa shape index (κ3) is 6.44. The Kier molecular flexibility index (Phi) is 8.03. The van der Waals surface area contributed by atoms with Crippen LogP contribution < -0.4 is 5.32 Å². The highest BCUT2D eigenvalue weighted by Gasteiger charge is 2.11. The molecule has 0 bridgehead atoms. The molecule has 0 radical (unpaired) electrons. The Balaban J connectivity index is 2.92. The van der Waals surface area contributed by atoms with Crippen LogP contribution in [0.15, 0.2) is 16.6 Å². The van der Waals surface area contributed by atoms with Crippen LogP contribution in [0.4, 0.5) is 0 Å². The number of carbonyl (C=O) groups excluding carboxylic acids is 1. The molecule has 0 heterocycles. The highest BCUT2D eigenvalue weighted by Crippen LogP contribution is 2.26. The van der Waals surface area contributed by atoms with Crippen molar-refractivity contribution in [2.75, 3.05) is 41.8 Å². The maximum Gasteiger partial charge on any atom is 0.319 e. The highest BCUT2D eigenvalue weighted by atomic mass is 79.9. The number of rotatable bonds is 8. The molecule has 0 saturated carbocycles. The van der Waals surface area contributed by atoms with Gasteiger partial charge in [-0.1, -0.05) is 28.1 Å². The molecule has 5 nitrogen and oxygen atoms in total. The molecule has 124 valence electrons. The lowest BCUT2D eigenvalue weighted by atomic mass is 10.0. The van der Waals surface area contributed by atoms with E-state index in [0.717, 1.165) is 17.6 Å². The second kappa shape index (κ2) is 9.25. The van der Waals surface area contributed by atoms with Crippen molar-refractivity contribution in [3.63, 3.8) is 0 Å². The average molecular weight is 372 g/mol. The molecule has 0 spiro atoms. The molecule has 0 unspecified atom stereocenters. The monoisotopic (exact) mass is 371 g/mol. The number of ether oxygens (including phenoxy) is 1. The number of benzene rings is 1. The molecular formula is C16H26BrN3O2. The standard InChI is InChI=1S/C16H26BrN3O2/c1-19(2)10-13-6-12(8-18-9-15(21)22-5)7-14(16(13)17)11-20(3)4/h6-7,18H,8-11H2,1-5H3. The molecule has 0 aromatic heterocycles. The van der Waals surface area contributed by atoms with Gasteiger partial charge in [-0.05, 0) is 44.9 Å². The van der Waals surface area contributed by atoms with E-state index in [9.17, 15) is 4.79 Å². The Morgan fingerprint density at radius 2 is 1.64 bits per heavy atom. The Hall–Kier alpha value is -0.950. The summed E-state index contributed by atoms with van der Waals surface area (Å²) in [6.07, 6.45) is 0. The molecular weight excluding hydrogens is 346 g/mol. The van der Waals surface area contributed by atoms with Gasteiger partial charge in [-0.25, -0.2) is 0 Å². The average Bonchev–Trinajstić information content (AvgIpc) is 2.42. The predicted molar refractivity (Wildman–Crippen MR) is 92.6 cm³/mol. The number of halogens is 1. The van der Waals surface area contributed by atoms with E-state index in [-0.39, 0.29) is 12.5 Å². The largest absolute Gasteiger partial charge is 0.468 e. The topological polar surface area (TPSA) is 44.8 Å². The molecule has 0 atom stereocenters. The van der Waals surface area contributed by atoms with Gasteiger partial charge < -0.3 is 19.9 Å². The Morgan fingerprint density at radius 1 is 1.14 bits per heavy atom. The summed E-state index contributed by atoms with van der Waals surface area (Å²) in [5.74, 6) is -0.251. The zero-order valence-corrected chi connectivity index (χ0v) is 15.7. The highest BCUT2D eigenvalue weighted by molar-refractivity contribution is 9.10. The number of nitrogens with one attached hydrogen (secondary N) is 1. The van der Waals surface area contributed by atoms with Crippen LogP contribution in [-0.4, -0.2) is 57.6 Å². The third-order valence-electron chi connectivity index (χ3n) is 3.08. The van der Waals surface area contributed by atoms with Crippen molar-refractivity contribution < 1.29 is 9.53 Å². The first-order valence-electron chi connectivity index (χ1n) is 7.20. The Bertz CT molecular complexity index is 473. The number of esters is 1. The van der Waals surface area contributed by atoms with E-state index in [2.05, 4.69) is 76.1 Å². The number of nitrogens with zero attached hydrogens (tertiary/aromatic N) is 2. The molecule has 0 saturated heterocycles. The zero-order chi connectivity index (χ0) is 16.7. The van der Waals surface area contributed by atoms with Gasteiger partial charge in [-0.15, -0.1) is 0 Å². The zero-order valence-electron chi connectivity index (χ0n) is 14.1. The summed E-state index contributed by atoms with van der Waals surface area (Å²) in [7, 11) is 9.62. The second-order valence-corrected chi connectivity index (χ2v) is 6.68. The minimum absolute atomic E-state index is 0.221. The van der Waals surface area contributed by atoms with E-state index in [1.807, 2.05) is 0 Å². The summed E-state index contributed by atoms with van der Waals surface area (Å²) in [5, 5.41) is 3.12. The normalized spacial score (nSPS) is 11.3. The van der Waals surface area contributed by atoms with Crippen molar-refractivity contribution in [1.82, 2.24) is 15.1 Å². The summed E-state index contributed by atoms with van der Waals surface area (Å²) < 4.78 is 5.80. The lowest BCUT2D eigenvalue weighted by molar-refractivity contribution is -0.139. The van der Waals surface area contributed by atoms with E-state index < -0.39 is 0 Å². The fourth-order valence-corrected chi connectivity index (χ4v) is 2.70. The second-order valence-electron chi connectivity index (χ2n) is 5.88. The van der Waals surface area contributed by atoms with Gasteiger partial charge in [0.25, 0.3) is 0 Å². The minimum atomic E-state index is -0.251. The number of methoxy groups -OCH3 is 1. The molecule has 1 aromatic rings. The van der Waals surface area contributed by atoms with Crippen molar-refractivity contribution in [2.24, 2.45) is 0 Å². The van der Waals surface area contributed by atoms with Crippen LogP contribution in [0.5, 0.6) is 0 Å².